The molecule has 1 aromatic carbocycles. The number of hydrogen-bond donors (Lipinski definition) is 2. The highest BCUT2D eigenvalue weighted by Gasteiger charge is 2.17. The number of nitrogens with one attached hydrogen (secondary N) is 1. The average molecular weight is 400 g/mol. The molecule has 0 spiro atoms. The molecule has 7 nitrogen and oxygen atoms in total. The Morgan fingerprint density at radius 2 is 1.96 bits per heavy atom. The van der Waals surface area contributed by atoms with Crippen molar-refractivity contribution in [2.75, 3.05) is 11.6 Å². The lowest BCUT2D eigenvalue weighted by atomic mass is 9.87. The molecule has 0 fully saturated rings. The van der Waals surface area contributed by atoms with E-state index in [2.05, 4.69) is 48.4 Å². The first-order chi connectivity index (χ1) is 13.3. The summed E-state index contributed by atoms with van der Waals surface area (Å²) in [4.78, 5) is 12.2. The van der Waals surface area contributed by atoms with Crippen molar-refractivity contribution in [3.8, 4) is 11.4 Å². The smallest absolute Gasteiger partial charge is 0.231 e. The Morgan fingerprint density at radius 1 is 1.25 bits per heavy atom. The summed E-state index contributed by atoms with van der Waals surface area (Å²) in [7, 11) is 0. The molecule has 0 radical (unpaired) electrons. The average Bonchev–Trinajstić information content (AvgIpc) is 3.29. The van der Waals surface area contributed by atoms with Crippen molar-refractivity contribution in [2.45, 2.75) is 44.3 Å². The largest absolute Gasteiger partial charge is 0.467 e. The molecule has 0 unspecified atom stereocenters. The number of thioether (sulfide) groups is 1. The van der Waals surface area contributed by atoms with Crippen molar-refractivity contribution in [3.63, 3.8) is 0 Å². The van der Waals surface area contributed by atoms with Crippen LogP contribution in [0.2, 0.25) is 0 Å². The zero-order chi connectivity index (χ0) is 20.3. The first kappa shape index (κ1) is 20.0. The minimum Gasteiger partial charge on any atom is -0.467 e. The van der Waals surface area contributed by atoms with Crippen LogP contribution in [0.5, 0.6) is 0 Å². The number of nitrogens with two attached hydrogens (primary N) is 1. The van der Waals surface area contributed by atoms with Gasteiger partial charge < -0.3 is 15.6 Å². The van der Waals surface area contributed by atoms with Crippen molar-refractivity contribution in [3.05, 3.63) is 54.0 Å². The van der Waals surface area contributed by atoms with E-state index in [1.165, 1.54) is 22.0 Å². The van der Waals surface area contributed by atoms with E-state index in [4.69, 9.17) is 10.3 Å². The van der Waals surface area contributed by atoms with E-state index >= 15 is 0 Å². The first-order valence-corrected chi connectivity index (χ1v) is 10.0. The highest BCUT2D eigenvalue weighted by atomic mass is 32.2. The highest BCUT2D eigenvalue weighted by molar-refractivity contribution is 7.99. The predicted molar refractivity (Wildman–Crippen MR) is 110 cm³/mol. The molecule has 0 saturated heterocycles. The fourth-order valence-electron chi connectivity index (χ4n) is 2.71. The van der Waals surface area contributed by atoms with Crippen LogP contribution in [0.25, 0.3) is 11.4 Å². The topological polar surface area (TPSA) is 99.0 Å². The summed E-state index contributed by atoms with van der Waals surface area (Å²) in [5.41, 5.74) is 2.19. The Balaban J connectivity index is 1.62. The number of furan rings is 1. The molecule has 28 heavy (non-hydrogen) atoms. The van der Waals surface area contributed by atoms with E-state index in [0.29, 0.717) is 16.7 Å². The molecule has 3 rings (SSSR count). The van der Waals surface area contributed by atoms with Gasteiger partial charge in [0.15, 0.2) is 5.82 Å². The molecule has 3 N–H and O–H groups in total. The van der Waals surface area contributed by atoms with Crippen LogP contribution in [0.15, 0.2) is 52.2 Å². The number of nitrogen functional groups attached to an aromatic ring is 1. The maximum Gasteiger partial charge on any atom is 0.231 e. The fraction of sp³-hybridized carbons (Fsp3) is 0.350. The Morgan fingerprint density at radius 3 is 2.57 bits per heavy atom. The Bertz CT molecular complexity index is 927. The third-order valence-electron chi connectivity index (χ3n) is 4.35. The summed E-state index contributed by atoms with van der Waals surface area (Å²) in [6.07, 6.45) is 1.58. The summed E-state index contributed by atoms with van der Waals surface area (Å²) in [5, 5.41) is 11.7. The van der Waals surface area contributed by atoms with Gasteiger partial charge in [0.1, 0.15) is 5.76 Å². The molecule has 0 bridgehead atoms. The lowest BCUT2D eigenvalue weighted by molar-refractivity contribution is -0.119. The molecule has 0 aliphatic heterocycles. The number of hydrogen-bond acceptors (Lipinski definition) is 6. The number of carbonyl (C=O) groups excluding carboxylic acids is 1. The molecule has 148 valence electrons. The number of amides is 1. The van der Waals surface area contributed by atoms with E-state index in [0.717, 1.165) is 5.56 Å². The van der Waals surface area contributed by atoms with Gasteiger partial charge in [0.25, 0.3) is 0 Å². The van der Waals surface area contributed by atoms with Gasteiger partial charge in [-0.25, -0.2) is 4.68 Å². The maximum absolute atomic E-state index is 12.2. The van der Waals surface area contributed by atoms with Crippen LogP contribution in [0.3, 0.4) is 0 Å². The third-order valence-corrected chi connectivity index (χ3v) is 5.30. The summed E-state index contributed by atoms with van der Waals surface area (Å²) < 4.78 is 6.71. The van der Waals surface area contributed by atoms with Crippen molar-refractivity contribution < 1.29 is 9.21 Å². The first-order valence-electron chi connectivity index (χ1n) is 9.02. The van der Waals surface area contributed by atoms with E-state index in [1.54, 1.807) is 12.3 Å². The van der Waals surface area contributed by atoms with Gasteiger partial charge >= 0.3 is 0 Å². The second-order valence-corrected chi connectivity index (χ2v) is 8.54. The van der Waals surface area contributed by atoms with Crippen molar-refractivity contribution in [1.82, 2.24) is 20.2 Å². The number of aromatic nitrogens is 3. The van der Waals surface area contributed by atoms with Crippen LogP contribution >= 0.6 is 11.8 Å². The van der Waals surface area contributed by atoms with Gasteiger partial charge in [0.2, 0.25) is 11.1 Å². The van der Waals surface area contributed by atoms with Gasteiger partial charge in [0.05, 0.1) is 18.1 Å². The van der Waals surface area contributed by atoms with E-state index in [-0.39, 0.29) is 23.1 Å². The van der Waals surface area contributed by atoms with Crippen LogP contribution in [-0.2, 0) is 10.2 Å². The second-order valence-electron chi connectivity index (χ2n) is 7.60. The molecule has 1 atom stereocenters. The summed E-state index contributed by atoms with van der Waals surface area (Å²) in [6, 6.07) is 11.5. The number of carbonyl (C=O) groups is 1. The maximum atomic E-state index is 12.2. The standard InChI is InChI=1S/C20H25N5O2S/c1-13(16-6-5-11-27-16)22-17(26)12-28-19-24-23-18(25(19)21)14-7-9-15(10-8-14)20(2,3)4/h5-11,13H,12,21H2,1-4H3,(H,22,26)/t13-/m1/s1. The molecule has 2 heterocycles. The van der Waals surface area contributed by atoms with Crippen molar-refractivity contribution >= 4 is 17.7 Å². The zero-order valence-electron chi connectivity index (χ0n) is 16.5. The molecule has 3 aromatic rings. The van der Waals surface area contributed by atoms with Crippen LogP contribution in [-0.4, -0.2) is 26.5 Å². The van der Waals surface area contributed by atoms with E-state index < -0.39 is 0 Å². The number of nitrogens with zero attached hydrogens (tertiary/aromatic N) is 3. The Kier molecular flexibility index (Phi) is 5.79. The van der Waals surface area contributed by atoms with Crippen LogP contribution < -0.4 is 11.2 Å². The SMILES string of the molecule is C[C@@H](NC(=O)CSc1nnc(-c2ccc(C(C)(C)C)cc2)n1N)c1ccco1. The van der Waals surface area contributed by atoms with Crippen molar-refractivity contribution in [1.29, 1.82) is 0 Å². The summed E-state index contributed by atoms with van der Waals surface area (Å²) in [5.74, 6) is 7.47. The van der Waals surface area contributed by atoms with Crippen LogP contribution in [0, 0.1) is 0 Å². The van der Waals surface area contributed by atoms with Crippen molar-refractivity contribution in [2.24, 2.45) is 0 Å². The van der Waals surface area contributed by atoms with Gasteiger partial charge in [-0.05, 0) is 30.0 Å². The molecule has 0 aliphatic rings. The molecule has 0 saturated carbocycles. The van der Waals surface area contributed by atoms with Crippen LogP contribution in [0.1, 0.15) is 45.1 Å². The molecule has 8 heteroatoms. The predicted octanol–water partition coefficient (Wildman–Crippen LogP) is 3.52. The molecule has 0 aliphatic carbocycles. The quantitative estimate of drug-likeness (QED) is 0.486. The number of benzene rings is 1. The van der Waals surface area contributed by atoms with Gasteiger partial charge in [-0.1, -0.05) is 56.8 Å². The lowest BCUT2D eigenvalue weighted by Crippen LogP contribution is -2.28. The minimum atomic E-state index is -0.198. The fourth-order valence-corrected chi connectivity index (χ4v) is 3.38. The van der Waals surface area contributed by atoms with Gasteiger partial charge in [-0.15, -0.1) is 10.2 Å². The second kappa shape index (κ2) is 8.10. The molecular formula is C20H25N5O2S. The van der Waals surface area contributed by atoms with Gasteiger partial charge in [0, 0.05) is 5.56 Å². The zero-order valence-corrected chi connectivity index (χ0v) is 17.3. The summed E-state index contributed by atoms with van der Waals surface area (Å²) >= 11 is 1.24. The highest BCUT2D eigenvalue weighted by Crippen LogP contribution is 2.26. The minimum absolute atomic E-state index is 0.0794. The number of rotatable bonds is 6. The normalized spacial score (nSPS) is 12.7. The van der Waals surface area contributed by atoms with Crippen LogP contribution in [0.4, 0.5) is 0 Å². The Labute approximate surface area is 168 Å². The molecular weight excluding hydrogens is 374 g/mol. The van der Waals surface area contributed by atoms with Gasteiger partial charge in [-0.3, -0.25) is 4.79 Å². The van der Waals surface area contributed by atoms with E-state index in [1.807, 2.05) is 25.1 Å². The monoisotopic (exact) mass is 399 g/mol. The Hall–Kier alpha value is -2.74. The summed E-state index contributed by atoms with van der Waals surface area (Å²) in [6.45, 7) is 8.37. The molecule has 1 amide bonds. The lowest BCUT2D eigenvalue weighted by Gasteiger charge is -2.19. The van der Waals surface area contributed by atoms with E-state index in [9.17, 15) is 4.79 Å². The molecule has 2 aromatic heterocycles. The third kappa shape index (κ3) is 4.56. The van der Waals surface area contributed by atoms with Gasteiger partial charge in [-0.2, -0.15) is 0 Å².